The van der Waals surface area contributed by atoms with Crippen LogP contribution in [0, 0.1) is 6.92 Å². The molecule has 3 heteroatoms. The lowest BCUT2D eigenvalue weighted by atomic mass is 10.1. The molecular formula is C15H20N2S. The van der Waals surface area contributed by atoms with Crippen LogP contribution in [0.2, 0.25) is 0 Å². The predicted molar refractivity (Wildman–Crippen MR) is 77.9 cm³/mol. The third kappa shape index (κ3) is 4.24. The smallest absolute Gasteiger partial charge is 0.0324 e. The fourth-order valence-electron chi connectivity index (χ4n) is 2.01. The molecule has 0 fully saturated rings. The maximum atomic E-state index is 4.14. The van der Waals surface area contributed by atoms with Crippen LogP contribution in [0.3, 0.4) is 0 Å². The lowest BCUT2D eigenvalue weighted by Gasteiger charge is -2.15. The van der Waals surface area contributed by atoms with Crippen molar-refractivity contribution in [1.82, 2.24) is 9.88 Å². The summed E-state index contributed by atoms with van der Waals surface area (Å²) < 4.78 is 0. The highest BCUT2D eigenvalue weighted by molar-refractivity contribution is 7.11. The van der Waals surface area contributed by atoms with Gasteiger partial charge >= 0.3 is 0 Å². The summed E-state index contributed by atoms with van der Waals surface area (Å²) in [6, 6.07) is 8.59. The molecule has 0 aliphatic heterocycles. The Labute approximate surface area is 113 Å². The van der Waals surface area contributed by atoms with Gasteiger partial charge in [-0.25, -0.2) is 0 Å². The maximum Gasteiger partial charge on any atom is 0.0324 e. The minimum Gasteiger partial charge on any atom is -0.301 e. The largest absolute Gasteiger partial charge is 0.301 e. The molecule has 0 aliphatic carbocycles. The Morgan fingerprint density at radius 2 is 2.17 bits per heavy atom. The minimum atomic E-state index is 1.06. The Balaban J connectivity index is 1.70. The first-order chi connectivity index (χ1) is 8.74. The Morgan fingerprint density at radius 3 is 2.83 bits per heavy atom. The van der Waals surface area contributed by atoms with Crippen LogP contribution in [-0.2, 0) is 13.0 Å². The molecule has 2 heterocycles. The number of pyridine rings is 1. The summed E-state index contributed by atoms with van der Waals surface area (Å²) in [5.41, 5.74) is 1.33. The van der Waals surface area contributed by atoms with Crippen molar-refractivity contribution >= 4 is 11.3 Å². The first-order valence-electron chi connectivity index (χ1n) is 6.37. The van der Waals surface area contributed by atoms with Crippen molar-refractivity contribution in [3.8, 4) is 0 Å². The molecule has 2 nitrogen and oxygen atoms in total. The van der Waals surface area contributed by atoms with Crippen LogP contribution in [0.5, 0.6) is 0 Å². The monoisotopic (exact) mass is 260 g/mol. The Morgan fingerprint density at radius 1 is 1.28 bits per heavy atom. The molecule has 96 valence electrons. The van der Waals surface area contributed by atoms with Crippen molar-refractivity contribution in [1.29, 1.82) is 0 Å². The molecule has 0 saturated heterocycles. The zero-order valence-electron chi connectivity index (χ0n) is 11.1. The van der Waals surface area contributed by atoms with Crippen molar-refractivity contribution in [3.05, 3.63) is 52.0 Å². The van der Waals surface area contributed by atoms with E-state index in [1.807, 2.05) is 29.8 Å². The van der Waals surface area contributed by atoms with Gasteiger partial charge < -0.3 is 4.90 Å². The van der Waals surface area contributed by atoms with E-state index in [4.69, 9.17) is 0 Å². The van der Waals surface area contributed by atoms with Gasteiger partial charge in [0.1, 0.15) is 0 Å². The van der Waals surface area contributed by atoms with Gasteiger partial charge in [-0.15, -0.1) is 11.3 Å². The molecule has 2 aromatic rings. The Bertz CT molecular complexity index is 464. The van der Waals surface area contributed by atoms with Gasteiger partial charge in [-0.05, 0) is 57.1 Å². The van der Waals surface area contributed by atoms with Crippen molar-refractivity contribution < 1.29 is 0 Å². The van der Waals surface area contributed by atoms with E-state index in [1.165, 1.54) is 21.7 Å². The summed E-state index contributed by atoms with van der Waals surface area (Å²) in [5.74, 6) is 0. The summed E-state index contributed by atoms with van der Waals surface area (Å²) in [5, 5.41) is 0. The van der Waals surface area contributed by atoms with Gasteiger partial charge in [-0.3, -0.25) is 4.98 Å². The Kier molecular flexibility index (Phi) is 4.90. The second-order valence-corrected chi connectivity index (χ2v) is 6.09. The molecule has 2 aromatic heterocycles. The quantitative estimate of drug-likeness (QED) is 0.790. The zero-order valence-corrected chi connectivity index (χ0v) is 11.9. The third-order valence-electron chi connectivity index (χ3n) is 2.95. The average molecular weight is 260 g/mol. The van der Waals surface area contributed by atoms with E-state index in [9.17, 15) is 0 Å². The van der Waals surface area contributed by atoms with Gasteiger partial charge in [0, 0.05) is 28.7 Å². The molecule has 0 unspecified atom stereocenters. The summed E-state index contributed by atoms with van der Waals surface area (Å²) >= 11 is 1.89. The van der Waals surface area contributed by atoms with Gasteiger partial charge in [0.2, 0.25) is 0 Å². The van der Waals surface area contributed by atoms with Crippen LogP contribution < -0.4 is 0 Å². The number of hydrogen-bond donors (Lipinski definition) is 0. The molecule has 0 atom stereocenters. The number of hydrogen-bond acceptors (Lipinski definition) is 3. The van der Waals surface area contributed by atoms with E-state index in [2.05, 4.69) is 42.1 Å². The lowest BCUT2D eigenvalue weighted by Crippen LogP contribution is -2.18. The second-order valence-electron chi connectivity index (χ2n) is 4.71. The van der Waals surface area contributed by atoms with Gasteiger partial charge in [0.15, 0.2) is 0 Å². The van der Waals surface area contributed by atoms with Gasteiger partial charge in [0.25, 0.3) is 0 Å². The maximum absolute atomic E-state index is 4.14. The fourth-order valence-corrected chi connectivity index (χ4v) is 2.98. The summed E-state index contributed by atoms with van der Waals surface area (Å²) in [6.45, 7) is 4.36. The normalized spacial score (nSPS) is 11.1. The SMILES string of the molecule is Cc1ccc(CN(C)CCCc2cccnc2)s1. The van der Waals surface area contributed by atoms with Gasteiger partial charge in [0.05, 0.1) is 0 Å². The molecule has 0 N–H and O–H groups in total. The van der Waals surface area contributed by atoms with E-state index in [0.717, 1.165) is 19.5 Å². The summed E-state index contributed by atoms with van der Waals surface area (Å²) in [6.07, 6.45) is 6.09. The highest BCUT2D eigenvalue weighted by Gasteiger charge is 2.02. The van der Waals surface area contributed by atoms with Crippen molar-refractivity contribution in [3.63, 3.8) is 0 Å². The van der Waals surface area contributed by atoms with E-state index in [1.54, 1.807) is 0 Å². The van der Waals surface area contributed by atoms with E-state index < -0.39 is 0 Å². The van der Waals surface area contributed by atoms with Crippen LogP contribution in [0.15, 0.2) is 36.7 Å². The summed E-state index contributed by atoms with van der Waals surface area (Å²) in [4.78, 5) is 9.38. The van der Waals surface area contributed by atoms with Crippen LogP contribution in [0.4, 0.5) is 0 Å². The molecule has 0 aromatic carbocycles. The molecule has 0 radical (unpaired) electrons. The van der Waals surface area contributed by atoms with Crippen molar-refractivity contribution in [2.75, 3.05) is 13.6 Å². The topological polar surface area (TPSA) is 16.1 Å². The minimum absolute atomic E-state index is 1.06. The first kappa shape index (κ1) is 13.2. The predicted octanol–water partition coefficient (Wildman–Crippen LogP) is 3.52. The first-order valence-corrected chi connectivity index (χ1v) is 7.18. The average Bonchev–Trinajstić information content (AvgIpc) is 2.76. The van der Waals surface area contributed by atoms with Crippen LogP contribution in [0.1, 0.15) is 21.7 Å². The highest BCUT2D eigenvalue weighted by Crippen LogP contribution is 2.16. The van der Waals surface area contributed by atoms with E-state index >= 15 is 0 Å². The number of rotatable bonds is 6. The molecule has 0 bridgehead atoms. The number of nitrogens with zero attached hydrogens (tertiary/aromatic N) is 2. The molecular weight excluding hydrogens is 240 g/mol. The molecule has 0 aliphatic rings. The number of aromatic nitrogens is 1. The van der Waals surface area contributed by atoms with Crippen LogP contribution >= 0.6 is 11.3 Å². The zero-order chi connectivity index (χ0) is 12.8. The Hall–Kier alpha value is -1.19. The number of thiophene rings is 1. The van der Waals surface area contributed by atoms with Gasteiger partial charge in [-0.2, -0.15) is 0 Å². The molecule has 18 heavy (non-hydrogen) atoms. The lowest BCUT2D eigenvalue weighted by molar-refractivity contribution is 0.325. The standard InChI is InChI=1S/C15H20N2S/c1-13-7-8-15(18-13)12-17(2)10-4-6-14-5-3-9-16-11-14/h3,5,7-9,11H,4,6,10,12H2,1-2H3. The number of aryl methyl sites for hydroxylation is 2. The van der Waals surface area contributed by atoms with Crippen LogP contribution in [0.25, 0.3) is 0 Å². The molecule has 0 saturated carbocycles. The van der Waals surface area contributed by atoms with Gasteiger partial charge in [-0.1, -0.05) is 6.07 Å². The second kappa shape index (κ2) is 6.66. The molecule has 2 rings (SSSR count). The van der Waals surface area contributed by atoms with E-state index in [0.29, 0.717) is 0 Å². The van der Waals surface area contributed by atoms with Crippen molar-refractivity contribution in [2.24, 2.45) is 0 Å². The highest BCUT2D eigenvalue weighted by atomic mass is 32.1. The fraction of sp³-hybridized carbons (Fsp3) is 0.400. The van der Waals surface area contributed by atoms with Crippen molar-refractivity contribution in [2.45, 2.75) is 26.3 Å². The molecule has 0 spiro atoms. The third-order valence-corrected chi connectivity index (χ3v) is 3.94. The summed E-state index contributed by atoms with van der Waals surface area (Å²) in [7, 11) is 2.19. The van der Waals surface area contributed by atoms with Crippen LogP contribution in [-0.4, -0.2) is 23.5 Å². The van der Waals surface area contributed by atoms with E-state index in [-0.39, 0.29) is 0 Å². The molecule has 0 amide bonds.